The van der Waals surface area contributed by atoms with Gasteiger partial charge in [0.05, 0.1) is 4.90 Å². The Balaban J connectivity index is 1.43. The number of carbonyl (C=O) groups excluding carboxylic acids is 1. The fourth-order valence-corrected chi connectivity index (χ4v) is 5.33. The summed E-state index contributed by atoms with van der Waals surface area (Å²) < 4.78 is 27.6. The maximum atomic E-state index is 12.5. The van der Waals surface area contributed by atoms with E-state index >= 15 is 0 Å². The number of hydrogen-bond donors (Lipinski definition) is 2. The molecule has 1 amide bonds. The van der Waals surface area contributed by atoms with Crippen LogP contribution in [0.25, 0.3) is 0 Å². The van der Waals surface area contributed by atoms with Gasteiger partial charge in [0, 0.05) is 19.0 Å². The molecule has 0 bridgehead atoms. The Morgan fingerprint density at radius 2 is 1.69 bits per heavy atom. The van der Waals surface area contributed by atoms with Gasteiger partial charge in [-0.25, -0.2) is 13.1 Å². The number of rotatable bonds is 7. The van der Waals surface area contributed by atoms with Crippen molar-refractivity contribution in [1.82, 2.24) is 10.0 Å². The van der Waals surface area contributed by atoms with Gasteiger partial charge in [0.25, 0.3) is 0 Å². The Morgan fingerprint density at radius 3 is 2.38 bits per heavy atom. The monoisotopic (exact) mass is 414 g/mol. The summed E-state index contributed by atoms with van der Waals surface area (Å²) >= 11 is 0. The first-order valence-corrected chi connectivity index (χ1v) is 11.7. The second-order valence-electron chi connectivity index (χ2n) is 7.94. The van der Waals surface area contributed by atoms with Crippen LogP contribution in [0, 0.1) is 13.8 Å². The predicted octanol–water partition coefficient (Wildman–Crippen LogP) is 3.81. The second-order valence-corrected chi connectivity index (χ2v) is 9.68. The molecule has 156 valence electrons. The fourth-order valence-electron chi connectivity index (χ4n) is 3.97. The van der Waals surface area contributed by atoms with Crippen molar-refractivity contribution in [3.05, 3.63) is 65.2 Å². The van der Waals surface area contributed by atoms with Crippen molar-refractivity contribution >= 4 is 15.9 Å². The molecular weight excluding hydrogens is 384 g/mol. The fraction of sp³-hybridized carbons (Fsp3) is 0.435. The number of carbonyl (C=O) groups is 1. The quantitative estimate of drug-likeness (QED) is 0.723. The van der Waals surface area contributed by atoms with Gasteiger partial charge in [-0.05, 0) is 68.2 Å². The maximum absolute atomic E-state index is 12.5. The van der Waals surface area contributed by atoms with E-state index in [0.29, 0.717) is 11.5 Å². The lowest BCUT2D eigenvalue weighted by Gasteiger charge is -2.29. The molecule has 0 aliphatic heterocycles. The Morgan fingerprint density at radius 1 is 1.00 bits per heavy atom. The van der Waals surface area contributed by atoms with E-state index < -0.39 is 10.0 Å². The van der Waals surface area contributed by atoms with E-state index in [0.717, 1.165) is 31.2 Å². The summed E-state index contributed by atoms with van der Waals surface area (Å²) in [6, 6.07) is 16.0. The van der Waals surface area contributed by atoms with Gasteiger partial charge < -0.3 is 5.32 Å². The summed E-state index contributed by atoms with van der Waals surface area (Å²) in [7, 11) is -3.61. The van der Waals surface area contributed by atoms with Crippen LogP contribution in [-0.4, -0.2) is 26.9 Å². The van der Waals surface area contributed by atoms with Gasteiger partial charge in [0.15, 0.2) is 0 Å². The van der Waals surface area contributed by atoms with Crippen molar-refractivity contribution in [3.8, 4) is 0 Å². The molecule has 2 aromatic rings. The van der Waals surface area contributed by atoms with Crippen molar-refractivity contribution < 1.29 is 13.2 Å². The molecule has 1 aliphatic carbocycles. The van der Waals surface area contributed by atoms with E-state index in [4.69, 9.17) is 0 Å². The number of amides is 1. The first kappa shape index (κ1) is 21.5. The standard InChI is InChI=1S/C23H30N2O3S/c1-17-8-9-18(2)22(16-17)29(27,28)24-15-14-23(26)25-21-12-10-20(11-13-21)19-6-4-3-5-7-19/h3-9,16,20-21,24H,10-15H2,1-2H3,(H,25,26). The Kier molecular flexibility index (Phi) is 7.09. The number of hydrogen-bond acceptors (Lipinski definition) is 3. The predicted molar refractivity (Wildman–Crippen MR) is 115 cm³/mol. The minimum atomic E-state index is -3.61. The summed E-state index contributed by atoms with van der Waals surface area (Å²) in [5.74, 6) is 0.463. The van der Waals surface area contributed by atoms with Crippen molar-refractivity contribution in [2.75, 3.05) is 6.54 Å². The molecule has 0 radical (unpaired) electrons. The highest BCUT2D eigenvalue weighted by atomic mass is 32.2. The molecule has 0 saturated heterocycles. The lowest BCUT2D eigenvalue weighted by Crippen LogP contribution is -2.39. The summed E-state index contributed by atoms with van der Waals surface area (Å²) in [5, 5.41) is 3.06. The summed E-state index contributed by atoms with van der Waals surface area (Å²) in [5.41, 5.74) is 2.96. The number of aryl methyl sites for hydroxylation is 2. The highest BCUT2D eigenvalue weighted by Gasteiger charge is 2.23. The van der Waals surface area contributed by atoms with E-state index in [1.807, 2.05) is 19.1 Å². The van der Waals surface area contributed by atoms with Crippen LogP contribution in [0.5, 0.6) is 0 Å². The van der Waals surface area contributed by atoms with Crippen LogP contribution in [0.3, 0.4) is 0 Å². The molecule has 3 rings (SSSR count). The summed E-state index contributed by atoms with van der Waals surface area (Å²) in [6.45, 7) is 3.73. The van der Waals surface area contributed by atoms with Gasteiger partial charge in [-0.1, -0.05) is 42.5 Å². The molecule has 0 heterocycles. The van der Waals surface area contributed by atoms with Crippen molar-refractivity contribution in [3.63, 3.8) is 0 Å². The van der Waals surface area contributed by atoms with Gasteiger partial charge in [-0.2, -0.15) is 0 Å². The highest BCUT2D eigenvalue weighted by Crippen LogP contribution is 2.32. The largest absolute Gasteiger partial charge is 0.353 e. The smallest absolute Gasteiger partial charge is 0.240 e. The SMILES string of the molecule is Cc1ccc(C)c(S(=O)(=O)NCCC(=O)NC2CCC(c3ccccc3)CC2)c1. The molecule has 29 heavy (non-hydrogen) atoms. The zero-order valence-electron chi connectivity index (χ0n) is 17.1. The van der Waals surface area contributed by atoms with Gasteiger partial charge >= 0.3 is 0 Å². The molecule has 0 unspecified atom stereocenters. The third-order valence-electron chi connectivity index (χ3n) is 5.64. The average molecular weight is 415 g/mol. The first-order chi connectivity index (χ1) is 13.8. The Bertz CT molecular complexity index is 934. The molecule has 1 fully saturated rings. The summed E-state index contributed by atoms with van der Waals surface area (Å²) in [6.07, 6.45) is 4.18. The van der Waals surface area contributed by atoms with Crippen molar-refractivity contribution in [2.24, 2.45) is 0 Å². The average Bonchev–Trinajstić information content (AvgIpc) is 2.71. The van der Waals surface area contributed by atoms with Gasteiger partial charge in [-0.3, -0.25) is 4.79 Å². The minimum Gasteiger partial charge on any atom is -0.353 e. The van der Waals surface area contributed by atoms with Crippen LogP contribution in [0.4, 0.5) is 0 Å². The highest BCUT2D eigenvalue weighted by molar-refractivity contribution is 7.89. The molecule has 1 aliphatic rings. The van der Waals surface area contributed by atoms with Crippen LogP contribution in [0.15, 0.2) is 53.4 Å². The summed E-state index contributed by atoms with van der Waals surface area (Å²) in [4.78, 5) is 12.5. The van der Waals surface area contributed by atoms with Crippen molar-refractivity contribution in [1.29, 1.82) is 0 Å². The number of sulfonamides is 1. The zero-order chi connectivity index (χ0) is 20.9. The molecule has 0 atom stereocenters. The Labute approximate surface area is 174 Å². The van der Waals surface area contributed by atoms with Crippen LogP contribution in [-0.2, 0) is 14.8 Å². The van der Waals surface area contributed by atoms with Gasteiger partial charge in [0.2, 0.25) is 15.9 Å². The third-order valence-corrected chi connectivity index (χ3v) is 7.24. The van der Waals surface area contributed by atoms with Crippen LogP contribution < -0.4 is 10.0 Å². The van der Waals surface area contributed by atoms with Crippen LogP contribution in [0.1, 0.15) is 54.7 Å². The third kappa shape index (κ3) is 5.90. The lowest BCUT2D eigenvalue weighted by molar-refractivity contribution is -0.121. The topological polar surface area (TPSA) is 75.3 Å². The molecular formula is C23H30N2O3S. The normalized spacial score (nSPS) is 19.7. The minimum absolute atomic E-state index is 0.0981. The molecule has 1 saturated carbocycles. The van der Waals surface area contributed by atoms with Crippen LogP contribution in [0.2, 0.25) is 0 Å². The molecule has 0 spiro atoms. The molecule has 2 N–H and O–H groups in total. The Hall–Kier alpha value is -2.18. The lowest BCUT2D eigenvalue weighted by atomic mass is 9.82. The molecule has 2 aromatic carbocycles. The zero-order valence-corrected chi connectivity index (χ0v) is 18.0. The van der Waals surface area contributed by atoms with E-state index in [2.05, 4.69) is 34.3 Å². The van der Waals surface area contributed by atoms with Gasteiger partial charge in [0.1, 0.15) is 0 Å². The molecule has 0 aromatic heterocycles. The van der Waals surface area contributed by atoms with Gasteiger partial charge in [-0.15, -0.1) is 0 Å². The first-order valence-electron chi connectivity index (χ1n) is 10.3. The van der Waals surface area contributed by atoms with E-state index in [1.165, 1.54) is 5.56 Å². The van der Waals surface area contributed by atoms with E-state index in [9.17, 15) is 13.2 Å². The molecule has 5 nitrogen and oxygen atoms in total. The second kappa shape index (κ2) is 9.55. The number of nitrogens with one attached hydrogen (secondary N) is 2. The molecule has 6 heteroatoms. The van der Waals surface area contributed by atoms with Crippen LogP contribution >= 0.6 is 0 Å². The van der Waals surface area contributed by atoms with Crippen molar-refractivity contribution in [2.45, 2.75) is 62.8 Å². The van der Waals surface area contributed by atoms with E-state index in [1.54, 1.807) is 19.1 Å². The van der Waals surface area contributed by atoms with E-state index in [-0.39, 0.29) is 29.8 Å². The number of benzene rings is 2. The maximum Gasteiger partial charge on any atom is 0.240 e.